The lowest BCUT2D eigenvalue weighted by Gasteiger charge is -2.06. The van der Waals surface area contributed by atoms with E-state index in [1.807, 2.05) is 0 Å². The third-order valence-corrected chi connectivity index (χ3v) is 2.38. The van der Waals surface area contributed by atoms with E-state index in [9.17, 15) is 9.18 Å². The van der Waals surface area contributed by atoms with E-state index in [1.54, 1.807) is 29.9 Å². The summed E-state index contributed by atoms with van der Waals surface area (Å²) in [6, 6.07) is 7.54. The minimum absolute atomic E-state index is 0.150. The fraction of sp³-hybridized carbons (Fsp3) is 0.0833. The van der Waals surface area contributed by atoms with Crippen LogP contribution in [-0.4, -0.2) is 10.5 Å². The zero-order valence-electron chi connectivity index (χ0n) is 9.27. The quantitative estimate of drug-likeness (QED) is 0.833. The van der Waals surface area contributed by atoms with Gasteiger partial charge >= 0.3 is 0 Å². The minimum atomic E-state index is -0.469. The van der Waals surface area contributed by atoms with Crippen LogP contribution in [0.3, 0.4) is 0 Å². The molecule has 0 radical (unpaired) electrons. The van der Waals surface area contributed by atoms with Gasteiger partial charge in [0, 0.05) is 13.2 Å². The van der Waals surface area contributed by atoms with E-state index < -0.39 is 11.7 Å². The van der Waals surface area contributed by atoms with Crippen LogP contribution in [0.4, 0.5) is 15.8 Å². The van der Waals surface area contributed by atoms with Crippen molar-refractivity contribution in [1.82, 2.24) is 4.57 Å². The van der Waals surface area contributed by atoms with Crippen LogP contribution in [0.15, 0.2) is 36.5 Å². The molecule has 17 heavy (non-hydrogen) atoms. The normalized spacial score (nSPS) is 10.2. The summed E-state index contributed by atoms with van der Waals surface area (Å²) in [5.74, 6) is -0.864. The van der Waals surface area contributed by atoms with Crippen LogP contribution >= 0.6 is 0 Å². The van der Waals surface area contributed by atoms with Gasteiger partial charge in [-0.25, -0.2) is 4.39 Å². The molecular formula is C12H12FN3O. The molecule has 0 aliphatic carbocycles. The van der Waals surface area contributed by atoms with E-state index in [4.69, 9.17) is 5.73 Å². The molecule has 2 aromatic rings. The summed E-state index contributed by atoms with van der Waals surface area (Å²) in [6.45, 7) is 0. The van der Waals surface area contributed by atoms with Crippen LogP contribution in [0, 0.1) is 5.82 Å². The fourth-order valence-corrected chi connectivity index (χ4v) is 1.56. The average Bonchev–Trinajstić information content (AvgIpc) is 2.61. The number of nitrogens with two attached hydrogens (primary N) is 1. The lowest BCUT2D eigenvalue weighted by molar-refractivity contribution is 0.101. The standard InChI is InChI=1S/C12H12FN3O/c1-16-7-8(14)6-11(16)12(17)15-10-5-3-2-4-9(10)13/h2-7H,14H2,1H3,(H,15,17). The van der Waals surface area contributed by atoms with Gasteiger partial charge in [0.2, 0.25) is 0 Å². The first-order valence-corrected chi connectivity index (χ1v) is 5.05. The van der Waals surface area contributed by atoms with Crippen molar-refractivity contribution in [2.45, 2.75) is 0 Å². The van der Waals surface area contributed by atoms with Crippen molar-refractivity contribution in [3.63, 3.8) is 0 Å². The Labute approximate surface area is 97.9 Å². The Morgan fingerprint density at radius 2 is 2.12 bits per heavy atom. The predicted molar refractivity (Wildman–Crippen MR) is 64.2 cm³/mol. The lowest BCUT2D eigenvalue weighted by Crippen LogP contribution is -2.16. The van der Waals surface area contributed by atoms with E-state index in [2.05, 4.69) is 5.32 Å². The van der Waals surface area contributed by atoms with Crippen molar-refractivity contribution >= 4 is 17.3 Å². The number of hydrogen-bond acceptors (Lipinski definition) is 2. The van der Waals surface area contributed by atoms with Gasteiger partial charge in [0.15, 0.2) is 0 Å². The van der Waals surface area contributed by atoms with Crippen molar-refractivity contribution in [2.75, 3.05) is 11.1 Å². The molecular weight excluding hydrogens is 221 g/mol. The molecule has 0 saturated heterocycles. The first-order valence-electron chi connectivity index (χ1n) is 5.05. The van der Waals surface area contributed by atoms with Crippen molar-refractivity contribution in [2.24, 2.45) is 7.05 Å². The van der Waals surface area contributed by atoms with Crippen LogP contribution in [0.1, 0.15) is 10.5 Å². The Morgan fingerprint density at radius 1 is 1.41 bits per heavy atom. The molecule has 1 aromatic carbocycles. The molecule has 1 heterocycles. The molecule has 0 unspecified atom stereocenters. The first-order chi connectivity index (χ1) is 8.08. The van der Waals surface area contributed by atoms with Gasteiger partial charge in [0.1, 0.15) is 11.5 Å². The van der Waals surface area contributed by atoms with Gasteiger partial charge < -0.3 is 15.6 Å². The van der Waals surface area contributed by atoms with Crippen LogP contribution < -0.4 is 11.1 Å². The Balaban J connectivity index is 2.23. The number of nitrogens with zero attached hydrogens (tertiary/aromatic N) is 1. The molecule has 0 fully saturated rings. The average molecular weight is 233 g/mol. The van der Waals surface area contributed by atoms with Gasteiger partial charge in [-0.3, -0.25) is 4.79 Å². The first kappa shape index (κ1) is 11.2. The maximum Gasteiger partial charge on any atom is 0.272 e. The van der Waals surface area contributed by atoms with E-state index in [0.717, 1.165) is 0 Å². The number of benzene rings is 1. The second kappa shape index (κ2) is 4.29. The molecule has 1 aromatic heterocycles. The van der Waals surface area contributed by atoms with Crippen LogP contribution in [0.25, 0.3) is 0 Å². The topological polar surface area (TPSA) is 60.0 Å². The summed E-state index contributed by atoms with van der Waals surface area (Å²) >= 11 is 0. The number of carbonyl (C=O) groups is 1. The zero-order chi connectivity index (χ0) is 12.4. The number of aryl methyl sites for hydroxylation is 1. The molecule has 0 atom stereocenters. The largest absolute Gasteiger partial charge is 0.397 e. The van der Waals surface area contributed by atoms with Gasteiger partial charge in [-0.15, -0.1) is 0 Å². The molecule has 0 spiro atoms. The van der Waals surface area contributed by atoms with E-state index >= 15 is 0 Å². The molecule has 2 rings (SSSR count). The molecule has 0 aliphatic rings. The summed E-state index contributed by atoms with van der Waals surface area (Å²) in [5.41, 5.74) is 6.59. The summed E-state index contributed by atoms with van der Waals surface area (Å²) in [7, 11) is 1.70. The predicted octanol–water partition coefficient (Wildman–Crippen LogP) is 2.00. The smallest absolute Gasteiger partial charge is 0.272 e. The number of nitrogen functional groups attached to an aromatic ring is 1. The van der Waals surface area contributed by atoms with E-state index in [1.165, 1.54) is 18.2 Å². The second-order valence-electron chi connectivity index (χ2n) is 3.70. The van der Waals surface area contributed by atoms with Gasteiger partial charge in [-0.1, -0.05) is 12.1 Å². The summed E-state index contributed by atoms with van der Waals surface area (Å²) < 4.78 is 14.9. The monoisotopic (exact) mass is 233 g/mol. The minimum Gasteiger partial charge on any atom is -0.397 e. The Morgan fingerprint density at radius 3 is 2.71 bits per heavy atom. The molecule has 0 saturated carbocycles. The van der Waals surface area contributed by atoms with E-state index in [-0.39, 0.29) is 5.69 Å². The second-order valence-corrected chi connectivity index (χ2v) is 3.70. The number of amides is 1. The van der Waals surface area contributed by atoms with Gasteiger partial charge in [0.05, 0.1) is 11.4 Å². The van der Waals surface area contributed by atoms with Gasteiger partial charge in [-0.2, -0.15) is 0 Å². The number of nitrogens with one attached hydrogen (secondary N) is 1. The van der Waals surface area contributed by atoms with Crippen LogP contribution in [0.2, 0.25) is 0 Å². The molecule has 3 N–H and O–H groups in total. The fourth-order valence-electron chi connectivity index (χ4n) is 1.56. The van der Waals surface area contributed by atoms with Crippen molar-refractivity contribution in [1.29, 1.82) is 0 Å². The molecule has 5 heteroatoms. The maximum absolute atomic E-state index is 13.3. The maximum atomic E-state index is 13.3. The van der Waals surface area contributed by atoms with Crippen molar-refractivity contribution in [3.8, 4) is 0 Å². The highest BCUT2D eigenvalue weighted by Gasteiger charge is 2.12. The number of aromatic nitrogens is 1. The summed E-state index contributed by atoms with van der Waals surface area (Å²) in [6.07, 6.45) is 1.62. The number of carbonyl (C=O) groups excluding carboxylic acids is 1. The SMILES string of the molecule is Cn1cc(N)cc1C(=O)Nc1ccccc1F. The molecule has 4 nitrogen and oxygen atoms in total. The van der Waals surface area contributed by atoms with E-state index in [0.29, 0.717) is 11.4 Å². The van der Waals surface area contributed by atoms with Gasteiger partial charge in [-0.05, 0) is 18.2 Å². The highest BCUT2D eigenvalue weighted by molar-refractivity contribution is 6.03. The highest BCUT2D eigenvalue weighted by atomic mass is 19.1. The van der Waals surface area contributed by atoms with Crippen molar-refractivity contribution < 1.29 is 9.18 Å². The number of hydrogen-bond donors (Lipinski definition) is 2. The summed E-state index contributed by atoms with van der Waals surface area (Å²) in [4.78, 5) is 11.8. The van der Waals surface area contributed by atoms with Gasteiger partial charge in [0.25, 0.3) is 5.91 Å². The summed E-state index contributed by atoms with van der Waals surface area (Å²) in [5, 5.41) is 2.49. The Kier molecular flexibility index (Phi) is 2.82. The zero-order valence-corrected chi connectivity index (χ0v) is 9.27. The molecule has 0 bridgehead atoms. The Bertz CT molecular complexity index is 563. The molecule has 1 amide bonds. The van der Waals surface area contributed by atoms with Crippen molar-refractivity contribution in [3.05, 3.63) is 48.0 Å². The highest BCUT2D eigenvalue weighted by Crippen LogP contribution is 2.15. The molecule has 0 aliphatic heterocycles. The number of rotatable bonds is 2. The number of para-hydroxylation sites is 1. The molecule has 88 valence electrons. The third-order valence-electron chi connectivity index (χ3n) is 2.38. The number of halogens is 1. The Hall–Kier alpha value is -2.30. The number of anilines is 2. The lowest BCUT2D eigenvalue weighted by atomic mass is 10.3. The third kappa shape index (κ3) is 2.28. The van der Waals surface area contributed by atoms with Crippen LogP contribution in [-0.2, 0) is 7.05 Å². The van der Waals surface area contributed by atoms with Crippen LogP contribution in [0.5, 0.6) is 0 Å².